The van der Waals surface area contributed by atoms with Crippen molar-refractivity contribution < 1.29 is 14.3 Å². The Morgan fingerprint density at radius 2 is 2.13 bits per heavy atom. The Balaban J connectivity index is 1.67. The van der Waals surface area contributed by atoms with Gasteiger partial charge < -0.3 is 14.4 Å². The molecule has 1 aromatic heterocycles. The first-order valence-electron chi connectivity index (χ1n) is 8.32. The first-order chi connectivity index (χ1) is 11.1. The zero-order chi connectivity index (χ0) is 16.2. The van der Waals surface area contributed by atoms with Gasteiger partial charge in [-0.2, -0.15) is 0 Å². The largest absolute Gasteiger partial charge is 0.471 e. The number of aromatic nitrogens is 1. The highest BCUT2D eigenvalue weighted by atomic mass is 35.5. The third-order valence-electron chi connectivity index (χ3n) is 4.66. The molecule has 1 saturated carbocycles. The van der Waals surface area contributed by atoms with Crippen molar-refractivity contribution in [1.29, 1.82) is 0 Å². The summed E-state index contributed by atoms with van der Waals surface area (Å²) >= 11 is 6.24. The van der Waals surface area contributed by atoms with E-state index in [2.05, 4.69) is 4.98 Å². The molecule has 5 nitrogen and oxygen atoms in total. The van der Waals surface area contributed by atoms with Crippen molar-refractivity contribution in [3.05, 3.63) is 22.8 Å². The lowest BCUT2D eigenvalue weighted by atomic mass is 9.94. The number of hydrogen-bond acceptors (Lipinski definition) is 4. The van der Waals surface area contributed by atoms with Gasteiger partial charge in [-0.05, 0) is 18.9 Å². The van der Waals surface area contributed by atoms with Crippen LogP contribution in [0.2, 0.25) is 5.02 Å². The Kier molecular flexibility index (Phi) is 5.38. The molecule has 0 aromatic carbocycles. The molecule has 23 heavy (non-hydrogen) atoms. The Labute approximate surface area is 141 Å². The smallest absolute Gasteiger partial charge is 0.255 e. The van der Waals surface area contributed by atoms with E-state index in [9.17, 15) is 4.79 Å². The molecule has 0 N–H and O–H groups in total. The van der Waals surface area contributed by atoms with Crippen LogP contribution in [-0.4, -0.2) is 48.2 Å². The number of ether oxygens (including phenoxy) is 2. The SMILES string of the molecule is CN(C(=O)c1cnc(OC2CCOC2)c(Cl)c1)C1CCCCC1. The fraction of sp³-hybridized carbons (Fsp3) is 0.647. The Morgan fingerprint density at radius 1 is 1.35 bits per heavy atom. The van der Waals surface area contributed by atoms with Crippen LogP contribution in [0.5, 0.6) is 5.88 Å². The summed E-state index contributed by atoms with van der Waals surface area (Å²) in [6.07, 6.45) is 8.18. The van der Waals surface area contributed by atoms with E-state index in [0.29, 0.717) is 35.7 Å². The first-order valence-corrected chi connectivity index (χ1v) is 8.70. The fourth-order valence-electron chi connectivity index (χ4n) is 3.23. The van der Waals surface area contributed by atoms with Gasteiger partial charge in [-0.1, -0.05) is 30.9 Å². The van der Waals surface area contributed by atoms with Crippen LogP contribution in [0.4, 0.5) is 0 Å². The summed E-state index contributed by atoms with van der Waals surface area (Å²) in [5.74, 6) is 0.348. The summed E-state index contributed by atoms with van der Waals surface area (Å²) in [5.41, 5.74) is 0.512. The summed E-state index contributed by atoms with van der Waals surface area (Å²) in [6.45, 7) is 1.26. The van der Waals surface area contributed by atoms with Crippen LogP contribution in [0.1, 0.15) is 48.9 Å². The third-order valence-corrected chi connectivity index (χ3v) is 4.93. The van der Waals surface area contributed by atoms with Crippen molar-refractivity contribution in [2.24, 2.45) is 0 Å². The molecule has 0 spiro atoms. The monoisotopic (exact) mass is 338 g/mol. The average Bonchev–Trinajstić information content (AvgIpc) is 3.09. The molecule has 0 radical (unpaired) electrons. The number of rotatable bonds is 4. The topological polar surface area (TPSA) is 51.7 Å². The fourth-order valence-corrected chi connectivity index (χ4v) is 3.44. The van der Waals surface area contributed by atoms with Crippen molar-refractivity contribution >= 4 is 17.5 Å². The van der Waals surface area contributed by atoms with Crippen molar-refractivity contribution in [3.63, 3.8) is 0 Å². The Hall–Kier alpha value is -1.33. The van der Waals surface area contributed by atoms with Gasteiger partial charge in [-0.25, -0.2) is 4.98 Å². The maximum absolute atomic E-state index is 12.6. The second kappa shape index (κ2) is 7.49. The van der Waals surface area contributed by atoms with Gasteiger partial charge >= 0.3 is 0 Å². The quantitative estimate of drug-likeness (QED) is 0.845. The molecule has 1 aromatic rings. The lowest BCUT2D eigenvalue weighted by Crippen LogP contribution is -2.38. The number of pyridine rings is 1. The van der Waals surface area contributed by atoms with Crippen LogP contribution < -0.4 is 4.74 Å². The molecule has 1 saturated heterocycles. The van der Waals surface area contributed by atoms with Crippen LogP contribution in [-0.2, 0) is 4.74 Å². The highest BCUT2D eigenvalue weighted by Gasteiger charge is 2.24. The van der Waals surface area contributed by atoms with E-state index in [-0.39, 0.29) is 12.0 Å². The molecule has 126 valence electrons. The number of nitrogens with zero attached hydrogens (tertiary/aromatic N) is 2. The first kappa shape index (κ1) is 16.5. The van der Waals surface area contributed by atoms with Gasteiger partial charge in [-0.3, -0.25) is 4.79 Å². The molecular weight excluding hydrogens is 316 g/mol. The highest BCUT2D eigenvalue weighted by Crippen LogP contribution is 2.27. The van der Waals surface area contributed by atoms with Crippen molar-refractivity contribution in [2.45, 2.75) is 50.7 Å². The number of halogens is 1. The van der Waals surface area contributed by atoms with E-state index >= 15 is 0 Å². The molecule has 1 aliphatic carbocycles. The van der Waals surface area contributed by atoms with Gasteiger partial charge in [0.25, 0.3) is 5.91 Å². The maximum atomic E-state index is 12.6. The molecule has 0 bridgehead atoms. The molecular formula is C17H23ClN2O3. The van der Waals surface area contributed by atoms with E-state index < -0.39 is 0 Å². The van der Waals surface area contributed by atoms with Gasteiger partial charge in [0.15, 0.2) is 0 Å². The second-order valence-corrected chi connectivity index (χ2v) is 6.73. The number of amides is 1. The summed E-state index contributed by atoms with van der Waals surface area (Å²) in [5, 5.41) is 0.375. The highest BCUT2D eigenvalue weighted by molar-refractivity contribution is 6.32. The normalized spacial score (nSPS) is 22.1. The predicted octanol–water partition coefficient (Wildman–Crippen LogP) is 3.31. The molecule has 1 aliphatic heterocycles. The zero-order valence-electron chi connectivity index (χ0n) is 13.5. The maximum Gasteiger partial charge on any atom is 0.255 e. The number of hydrogen-bond donors (Lipinski definition) is 0. The lowest BCUT2D eigenvalue weighted by Gasteiger charge is -2.31. The minimum atomic E-state index is -0.0259. The van der Waals surface area contributed by atoms with E-state index in [0.717, 1.165) is 19.3 Å². The minimum Gasteiger partial charge on any atom is -0.471 e. The van der Waals surface area contributed by atoms with Crippen LogP contribution in [0.15, 0.2) is 12.3 Å². The standard InChI is InChI=1S/C17H23ClN2O3/c1-20(13-5-3-2-4-6-13)17(21)12-9-15(18)16(19-10-12)23-14-7-8-22-11-14/h9-10,13-14H,2-8,11H2,1H3. The summed E-state index contributed by atoms with van der Waals surface area (Å²) in [4.78, 5) is 18.7. The summed E-state index contributed by atoms with van der Waals surface area (Å²) < 4.78 is 11.0. The molecule has 1 amide bonds. The summed E-state index contributed by atoms with van der Waals surface area (Å²) in [6, 6.07) is 1.98. The molecule has 2 heterocycles. The van der Waals surface area contributed by atoms with Crippen molar-refractivity contribution in [2.75, 3.05) is 20.3 Å². The van der Waals surface area contributed by atoms with Gasteiger partial charge in [0.2, 0.25) is 5.88 Å². The van der Waals surface area contributed by atoms with Gasteiger partial charge in [0, 0.05) is 25.7 Å². The van der Waals surface area contributed by atoms with Gasteiger partial charge in [0.1, 0.15) is 11.1 Å². The molecule has 1 unspecified atom stereocenters. The van der Waals surface area contributed by atoms with Crippen LogP contribution in [0.25, 0.3) is 0 Å². The number of carbonyl (C=O) groups excluding carboxylic acids is 1. The van der Waals surface area contributed by atoms with Gasteiger partial charge in [-0.15, -0.1) is 0 Å². The third kappa shape index (κ3) is 3.96. The Bertz CT molecular complexity index is 555. The lowest BCUT2D eigenvalue weighted by molar-refractivity contribution is 0.0695. The van der Waals surface area contributed by atoms with Crippen molar-refractivity contribution in [3.8, 4) is 5.88 Å². The second-order valence-electron chi connectivity index (χ2n) is 6.32. The van der Waals surface area contributed by atoms with E-state index in [1.807, 2.05) is 11.9 Å². The average molecular weight is 339 g/mol. The van der Waals surface area contributed by atoms with Crippen LogP contribution in [0.3, 0.4) is 0 Å². The predicted molar refractivity (Wildman–Crippen MR) is 88.1 cm³/mol. The molecule has 6 heteroatoms. The van der Waals surface area contributed by atoms with E-state index in [4.69, 9.17) is 21.1 Å². The number of carbonyl (C=O) groups is 1. The minimum absolute atomic E-state index is 0.00790. The van der Waals surface area contributed by atoms with E-state index in [1.165, 1.54) is 19.3 Å². The molecule has 1 atom stereocenters. The summed E-state index contributed by atoms with van der Waals surface area (Å²) in [7, 11) is 1.87. The Morgan fingerprint density at radius 3 is 2.78 bits per heavy atom. The zero-order valence-corrected chi connectivity index (χ0v) is 14.2. The molecule has 3 rings (SSSR count). The van der Waals surface area contributed by atoms with Gasteiger partial charge in [0.05, 0.1) is 18.8 Å². The molecule has 2 aliphatic rings. The van der Waals surface area contributed by atoms with Crippen LogP contribution >= 0.6 is 11.6 Å². The van der Waals surface area contributed by atoms with Crippen molar-refractivity contribution in [1.82, 2.24) is 9.88 Å². The molecule has 2 fully saturated rings. The van der Waals surface area contributed by atoms with Crippen LogP contribution in [0, 0.1) is 0 Å². The van der Waals surface area contributed by atoms with E-state index in [1.54, 1.807) is 12.3 Å².